The highest BCUT2D eigenvalue weighted by molar-refractivity contribution is 5.95. The Balaban J connectivity index is 1.26. The zero-order valence-corrected chi connectivity index (χ0v) is 19.1. The summed E-state index contributed by atoms with van der Waals surface area (Å²) in [7, 11) is 0. The first-order valence-electron chi connectivity index (χ1n) is 11.9. The molecule has 0 aliphatic carbocycles. The molecule has 4 heterocycles. The molecule has 2 aliphatic heterocycles. The fraction of sp³-hybridized carbons (Fsp3) is 0.308. The largest absolute Gasteiger partial charge is 0.348 e. The van der Waals surface area contributed by atoms with Crippen molar-refractivity contribution in [1.29, 1.82) is 0 Å². The SMILES string of the molecule is C[C@H](Nc1nccc(-n2cnc3cc(N4CCC5CCCN5C4=O)ccc32)n1)c1ccccc1. The van der Waals surface area contributed by atoms with E-state index in [0.29, 0.717) is 12.0 Å². The number of carbonyl (C=O) groups excluding carboxylic acids is 1. The average molecular weight is 454 g/mol. The number of hydrogen-bond donors (Lipinski definition) is 1. The smallest absolute Gasteiger partial charge is 0.324 e. The fourth-order valence-corrected chi connectivity index (χ4v) is 5.08. The van der Waals surface area contributed by atoms with Gasteiger partial charge in [-0.2, -0.15) is 4.98 Å². The summed E-state index contributed by atoms with van der Waals surface area (Å²) < 4.78 is 1.95. The van der Waals surface area contributed by atoms with Gasteiger partial charge in [0.05, 0.1) is 17.1 Å². The molecule has 8 heteroatoms. The number of rotatable bonds is 5. The van der Waals surface area contributed by atoms with Gasteiger partial charge in [0.25, 0.3) is 0 Å². The van der Waals surface area contributed by atoms with Gasteiger partial charge in [0, 0.05) is 31.0 Å². The number of aromatic nitrogens is 4. The molecule has 0 saturated carbocycles. The van der Waals surface area contributed by atoms with Crippen molar-refractivity contribution < 1.29 is 4.79 Å². The zero-order valence-electron chi connectivity index (χ0n) is 19.1. The molecule has 6 rings (SSSR count). The molecule has 2 aromatic heterocycles. The molecular weight excluding hydrogens is 426 g/mol. The van der Waals surface area contributed by atoms with Crippen molar-refractivity contribution in [3.63, 3.8) is 0 Å². The Hall–Kier alpha value is -3.94. The first-order valence-corrected chi connectivity index (χ1v) is 11.9. The molecule has 2 amide bonds. The Labute approximate surface area is 198 Å². The van der Waals surface area contributed by atoms with Gasteiger partial charge in [0.15, 0.2) is 0 Å². The minimum absolute atomic E-state index is 0.0795. The van der Waals surface area contributed by atoms with E-state index in [0.717, 1.165) is 54.9 Å². The van der Waals surface area contributed by atoms with Gasteiger partial charge in [-0.05, 0) is 56.0 Å². The van der Waals surface area contributed by atoms with Crippen molar-refractivity contribution in [1.82, 2.24) is 24.4 Å². The maximum Gasteiger partial charge on any atom is 0.324 e. The van der Waals surface area contributed by atoms with E-state index in [4.69, 9.17) is 4.98 Å². The molecule has 2 atom stereocenters. The van der Waals surface area contributed by atoms with Gasteiger partial charge in [0.2, 0.25) is 5.95 Å². The van der Waals surface area contributed by atoms with Gasteiger partial charge in [0.1, 0.15) is 12.1 Å². The number of urea groups is 1. The minimum atomic E-state index is 0.0795. The lowest BCUT2D eigenvalue weighted by Gasteiger charge is -2.37. The predicted molar refractivity (Wildman–Crippen MR) is 132 cm³/mol. The molecule has 4 aromatic rings. The molecule has 1 N–H and O–H groups in total. The summed E-state index contributed by atoms with van der Waals surface area (Å²) in [5.41, 5.74) is 3.84. The number of hydrogen-bond acceptors (Lipinski definition) is 5. The number of amides is 2. The van der Waals surface area contributed by atoms with Crippen molar-refractivity contribution in [3.05, 3.63) is 72.7 Å². The molecule has 0 spiro atoms. The van der Waals surface area contributed by atoms with Gasteiger partial charge in [-0.1, -0.05) is 30.3 Å². The summed E-state index contributed by atoms with van der Waals surface area (Å²) in [4.78, 5) is 30.6. The Morgan fingerprint density at radius 2 is 1.91 bits per heavy atom. The van der Waals surface area contributed by atoms with Crippen LogP contribution in [0.25, 0.3) is 16.9 Å². The third kappa shape index (κ3) is 3.65. The van der Waals surface area contributed by atoms with Gasteiger partial charge >= 0.3 is 6.03 Å². The highest BCUT2D eigenvalue weighted by Crippen LogP contribution is 2.31. The van der Waals surface area contributed by atoms with Crippen LogP contribution in [0.1, 0.15) is 37.8 Å². The monoisotopic (exact) mass is 453 g/mol. The predicted octanol–water partition coefficient (Wildman–Crippen LogP) is 4.78. The van der Waals surface area contributed by atoms with E-state index in [1.807, 2.05) is 56.8 Å². The van der Waals surface area contributed by atoms with E-state index >= 15 is 0 Å². The van der Waals surface area contributed by atoms with Crippen LogP contribution in [0.4, 0.5) is 16.4 Å². The first kappa shape index (κ1) is 20.7. The van der Waals surface area contributed by atoms with Gasteiger partial charge in [-0.15, -0.1) is 0 Å². The number of benzene rings is 2. The maximum atomic E-state index is 13.0. The van der Waals surface area contributed by atoms with E-state index in [-0.39, 0.29) is 12.1 Å². The lowest BCUT2D eigenvalue weighted by atomic mass is 10.1. The van der Waals surface area contributed by atoms with Crippen molar-refractivity contribution >= 4 is 28.7 Å². The topological polar surface area (TPSA) is 79.2 Å². The second-order valence-electron chi connectivity index (χ2n) is 9.02. The number of carbonyl (C=O) groups is 1. The number of nitrogens with one attached hydrogen (secondary N) is 1. The Bertz CT molecular complexity index is 1340. The molecule has 2 fully saturated rings. The number of imidazole rings is 1. The second kappa shape index (κ2) is 8.44. The third-order valence-corrected chi connectivity index (χ3v) is 6.92. The molecule has 1 unspecified atom stereocenters. The Kier molecular flexibility index (Phi) is 5.13. The number of nitrogens with zero attached hydrogens (tertiary/aromatic N) is 6. The zero-order chi connectivity index (χ0) is 23.1. The average Bonchev–Trinajstić information content (AvgIpc) is 3.52. The van der Waals surface area contributed by atoms with Crippen LogP contribution in [0.2, 0.25) is 0 Å². The van der Waals surface area contributed by atoms with Crippen molar-refractivity contribution in [2.45, 2.75) is 38.3 Å². The Morgan fingerprint density at radius 3 is 2.79 bits per heavy atom. The highest BCUT2D eigenvalue weighted by atomic mass is 16.2. The van der Waals surface area contributed by atoms with E-state index in [1.54, 1.807) is 12.5 Å². The number of fused-ring (bicyclic) bond motifs is 2. The van der Waals surface area contributed by atoms with Gasteiger partial charge in [-0.25, -0.2) is 14.8 Å². The molecule has 2 aromatic carbocycles. The molecule has 0 bridgehead atoms. The first-order chi connectivity index (χ1) is 16.7. The van der Waals surface area contributed by atoms with Gasteiger partial charge in [-0.3, -0.25) is 9.47 Å². The summed E-state index contributed by atoms with van der Waals surface area (Å²) in [6, 6.07) is 18.7. The molecule has 34 heavy (non-hydrogen) atoms. The third-order valence-electron chi connectivity index (χ3n) is 6.92. The van der Waals surface area contributed by atoms with Gasteiger partial charge < -0.3 is 10.2 Å². The number of anilines is 2. The van der Waals surface area contributed by atoms with Crippen LogP contribution in [0.3, 0.4) is 0 Å². The summed E-state index contributed by atoms with van der Waals surface area (Å²) in [5.74, 6) is 1.30. The molecule has 0 radical (unpaired) electrons. The van der Waals surface area contributed by atoms with Crippen molar-refractivity contribution in [2.24, 2.45) is 0 Å². The summed E-state index contributed by atoms with van der Waals surface area (Å²) >= 11 is 0. The summed E-state index contributed by atoms with van der Waals surface area (Å²) in [6.45, 7) is 3.71. The fourth-order valence-electron chi connectivity index (χ4n) is 5.08. The van der Waals surface area contributed by atoms with Crippen LogP contribution >= 0.6 is 0 Å². The van der Waals surface area contributed by atoms with Crippen molar-refractivity contribution in [2.75, 3.05) is 23.3 Å². The van der Waals surface area contributed by atoms with Crippen LogP contribution in [-0.4, -0.2) is 49.6 Å². The van der Waals surface area contributed by atoms with Crippen LogP contribution in [0, 0.1) is 0 Å². The lowest BCUT2D eigenvalue weighted by molar-refractivity contribution is 0.186. The summed E-state index contributed by atoms with van der Waals surface area (Å²) in [5, 5.41) is 3.38. The van der Waals surface area contributed by atoms with Crippen molar-refractivity contribution in [3.8, 4) is 5.82 Å². The van der Waals surface area contributed by atoms with E-state index in [2.05, 4.69) is 34.3 Å². The summed E-state index contributed by atoms with van der Waals surface area (Å²) in [6.07, 6.45) is 6.78. The normalized spacial score (nSPS) is 18.9. The maximum absolute atomic E-state index is 13.0. The van der Waals surface area contributed by atoms with Crippen LogP contribution in [0.5, 0.6) is 0 Å². The molecular formula is C26H27N7O. The van der Waals surface area contributed by atoms with Crippen LogP contribution < -0.4 is 10.2 Å². The quantitative estimate of drug-likeness (QED) is 0.470. The van der Waals surface area contributed by atoms with E-state index < -0.39 is 0 Å². The molecule has 2 saturated heterocycles. The standard InChI is InChI=1S/C26H27N7O/c1-18(19-6-3-2-4-7-19)29-25-27-13-11-24(30-25)33-17-28-22-16-21(9-10-23(22)33)32-15-12-20-8-5-14-31(20)26(32)34/h2-4,6-7,9-11,13,16-18,20H,5,8,12,14-15H2,1H3,(H,27,29,30)/t18-,20?/m0/s1. The molecule has 8 nitrogen and oxygen atoms in total. The molecule has 172 valence electrons. The second-order valence-corrected chi connectivity index (χ2v) is 9.02. The van der Waals surface area contributed by atoms with Crippen LogP contribution in [-0.2, 0) is 0 Å². The lowest BCUT2D eigenvalue weighted by Crippen LogP contribution is -2.51. The molecule has 2 aliphatic rings. The van der Waals surface area contributed by atoms with Crippen LogP contribution in [0.15, 0.2) is 67.1 Å². The minimum Gasteiger partial charge on any atom is -0.348 e. The Morgan fingerprint density at radius 1 is 1.03 bits per heavy atom. The van der Waals surface area contributed by atoms with E-state index in [9.17, 15) is 4.79 Å². The van der Waals surface area contributed by atoms with E-state index in [1.165, 1.54) is 5.56 Å². The highest BCUT2D eigenvalue weighted by Gasteiger charge is 2.36.